The molecule has 0 radical (unpaired) electrons. The molecular weight excluding hydrogens is 253 g/mol. The van der Waals surface area contributed by atoms with E-state index in [1.807, 2.05) is 0 Å². The number of phenols is 1. The second kappa shape index (κ2) is 5.58. The lowest BCUT2D eigenvalue weighted by Crippen LogP contribution is -2.12. The predicted octanol–water partition coefficient (Wildman–Crippen LogP) is 2.61. The molecule has 0 atom stereocenters. The van der Waals surface area contributed by atoms with E-state index in [-0.39, 0.29) is 16.6 Å². The number of rotatable bonds is 1. The Kier molecular flexibility index (Phi) is 4.40. The smallest absolute Gasteiger partial charge is 0.183 e. The maximum Gasteiger partial charge on any atom is 0.183 e. The third kappa shape index (κ3) is 2.78. The van der Waals surface area contributed by atoms with Gasteiger partial charge in [-0.3, -0.25) is 5.32 Å². The highest BCUT2D eigenvalue weighted by atomic mass is 35.5. The molecule has 0 saturated heterocycles. The van der Waals surface area contributed by atoms with Gasteiger partial charge in [-0.15, -0.1) is 0 Å². The van der Waals surface area contributed by atoms with Crippen LogP contribution in [0.25, 0.3) is 0 Å². The molecule has 0 aliphatic heterocycles. The van der Waals surface area contributed by atoms with Gasteiger partial charge in [0.15, 0.2) is 17.2 Å². The van der Waals surface area contributed by atoms with Gasteiger partial charge in [0.1, 0.15) is 16.5 Å². The van der Waals surface area contributed by atoms with Crippen LogP contribution in [-0.2, 0) is 0 Å². The fourth-order valence-electron chi connectivity index (χ4n) is 0.897. The number of benzene rings is 1. The number of nitriles is 1. The van der Waals surface area contributed by atoms with E-state index in [2.05, 4.69) is 10.3 Å². The highest BCUT2D eigenvalue weighted by molar-refractivity contribution is 8.13. The first-order valence-electron chi connectivity index (χ1n) is 4.05. The minimum Gasteiger partial charge on any atom is -0.506 e. The molecule has 0 saturated carbocycles. The number of phenolic OH excluding ortho intramolecular Hbond substituents is 1. The van der Waals surface area contributed by atoms with E-state index >= 15 is 0 Å². The summed E-state index contributed by atoms with van der Waals surface area (Å²) >= 11 is 6.65. The summed E-state index contributed by atoms with van der Waals surface area (Å²) in [5.74, 6) is -1.18. The predicted molar refractivity (Wildman–Crippen MR) is 62.4 cm³/mol. The van der Waals surface area contributed by atoms with Gasteiger partial charge in [0.2, 0.25) is 0 Å². The molecule has 1 aromatic carbocycles. The molecule has 84 valence electrons. The van der Waals surface area contributed by atoms with Crippen molar-refractivity contribution in [3.8, 4) is 11.9 Å². The van der Waals surface area contributed by atoms with Crippen molar-refractivity contribution in [2.24, 2.45) is 4.99 Å². The summed E-state index contributed by atoms with van der Waals surface area (Å²) in [5, 5.41) is 19.7. The SMILES string of the molecule is CSC(=Nc1ccc(O)c(Cl)c1F)NC#N. The first-order valence-corrected chi connectivity index (χ1v) is 5.65. The monoisotopic (exact) mass is 259 g/mol. The van der Waals surface area contributed by atoms with Gasteiger partial charge in [0, 0.05) is 0 Å². The number of amidine groups is 1. The Bertz CT molecular complexity index is 473. The Hall–Kier alpha value is -1.45. The van der Waals surface area contributed by atoms with Crippen molar-refractivity contribution in [3.05, 3.63) is 23.0 Å². The highest BCUT2D eigenvalue weighted by Crippen LogP contribution is 2.32. The zero-order valence-corrected chi connectivity index (χ0v) is 9.73. The lowest BCUT2D eigenvalue weighted by Gasteiger charge is -2.03. The van der Waals surface area contributed by atoms with E-state index in [1.54, 1.807) is 12.4 Å². The van der Waals surface area contributed by atoms with E-state index in [0.29, 0.717) is 0 Å². The number of thioether (sulfide) groups is 1. The van der Waals surface area contributed by atoms with E-state index in [0.717, 1.165) is 11.8 Å². The molecule has 0 aromatic heterocycles. The second-order valence-electron chi connectivity index (χ2n) is 2.59. The van der Waals surface area contributed by atoms with Crippen molar-refractivity contribution in [2.45, 2.75) is 0 Å². The lowest BCUT2D eigenvalue weighted by atomic mass is 10.3. The van der Waals surface area contributed by atoms with Gasteiger partial charge in [-0.25, -0.2) is 9.38 Å². The summed E-state index contributed by atoms with van der Waals surface area (Å²) in [7, 11) is 0. The molecular formula is C9H7ClFN3OS. The summed E-state index contributed by atoms with van der Waals surface area (Å²) < 4.78 is 13.5. The zero-order chi connectivity index (χ0) is 12.1. The Balaban J connectivity index is 3.15. The van der Waals surface area contributed by atoms with E-state index in [4.69, 9.17) is 22.0 Å². The Morgan fingerprint density at radius 1 is 1.69 bits per heavy atom. The first-order chi connectivity index (χ1) is 7.60. The van der Waals surface area contributed by atoms with Crippen LogP contribution in [0.15, 0.2) is 17.1 Å². The quantitative estimate of drug-likeness (QED) is 0.352. The molecule has 4 nitrogen and oxygen atoms in total. The minimum atomic E-state index is -0.826. The molecule has 1 rings (SSSR count). The van der Waals surface area contributed by atoms with Gasteiger partial charge in [-0.05, 0) is 18.4 Å². The average molecular weight is 260 g/mol. The van der Waals surface area contributed by atoms with Crippen molar-refractivity contribution >= 4 is 34.2 Å². The molecule has 16 heavy (non-hydrogen) atoms. The van der Waals surface area contributed by atoms with Crippen LogP contribution in [0.3, 0.4) is 0 Å². The first kappa shape index (κ1) is 12.6. The zero-order valence-electron chi connectivity index (χ0n) is 8.16. The topological polar surface area (TPSA) is 68.4 Å². The Labute approximate surface area is 101 Å². The number of halogens is 2. The maximum absolute atomic E-state index is 13.5. The van der Waals surface area contributed by atoms with Crippen LogP contribution in [0.5, 0.6) is 5.75 Å². The molecule has 0 spiro atoms. The normalized spacial score (nSPS) is 11.0. The third-order valence-electron chi connectivity index (χ3n) is 1.62. The van der Waals surface area contributed by atoms with E-state index in [9.17, 15) is 4.39 Å². The molecule has 1 aromatic rings. The van der Waals surface area contributed by atoms with Crippen molar-refractivity contribution in [3.63, 3.8) is 0 Å². The van der Waals surface area contributed by atoms with Gasteiger partial charge in [-0.1, -0.05) is 23.4 Å². The molecule has 0 aliphatic carbocycles. The minimum absolute atomic E-state index is 0.0464. The van der Waals surface area contributed by atoms with Gasteiger partial charge < -0.3 is 5.11 Å². The number of nitrogens with one attached hydrogen (secondary N) is 1. The van der Waals surface area contributed by atoms with Crippen LogP contribution < -0.4 is 5.32 Å². The van der Waals surface area contributed by atoms with Crippen molar-refractivity contribution in [2.75, 3.05) is 6.26 Å². The van der Waals surface area contributed by atoms with Gasteiger partial charge >= 0.3 is 0 Å². The summed E-state index contributed by atoms with van der Waals surface area (Å²) in [6.45, 7) is 0. The fourth-order valence-corrected chi connectivity index (χ4v) is 1.39. The van der Waals surface area contributed by atoms with Crippen LogP contribution in [0.2, 0.25) is 5.02 Å². The number of aliphatic imine (C=N–C) groups is 1. The standard InChI is InChI=1S/C9H7ClFN3OS/c1-16-9(13-4-12)14-5-2-3-6(15)7(10)8(5)11/h2-3,15H,1H3,(H,13,14). The molecule has 0 bridgehead atoms. The van der Waals surface area contributed by atoms with Crippen molar-refractivity contribution < 1.29 is 9.50 Å². The molecule has 0 aliphatic rings. The Morgan fingerprint density at radius 3 is 2.94 bits per heavy atom. The van der Waals surface area contributed by atoms with Gasteiger partial charge in [0.05, 0.1) is 0 Å². The van der Waals surface area contributed by atoms with Gasteiger partial charge in [-0.2, -0.15) is 5.26 Å². The van der Waals surface area contributed by atoms with E-state index < -0.39 is 10.8 Å². The largest absolute Gasteiger partial charge is 0.506 e. The third-order valence-corrected chi connectivity index (χ3v) is 2.56. The van der Waals surface area contributed by atoms with Crippen LogP contribution in [0, 0.1) is 17.3 Å². The molecule has 0 heterocycles. The number of hydrogen-bond acceptors (Lipinski definition) is 4. The number of nitrogens with zero attached hydrogens (tertiary/aromatic N) is 2. The summed E-state index contributed by atoms with van der Waals surface area (Å²) in [6.07, 6.45) is 3.36. The Morgan fingerprint density at radius 2 is 2.38 bits per heavy atom. The van der Waals surface area contributed by atoms with Crippen molar-refractivity contribution in [1.29, 1.82) is 5.26 Å². The molecule has 0 amide bonds. The number of aromatic hydroxyl groups is 1. The number of hydrogen-bond donors (Lipinski definition) is 2. The van der Waals surface area contributed by atoms with Crippen LogP contribution in [0.4, 0.5) is 10.1 Å². The fraction of sp³-hybridized carbons (Fsp3) is 0.111. The van der Waals surface area contributed by atoms with Crippen LogP contribution in [-0.4, -0.2) is 16.5 Å². The highest BCUT2D eigenvalue weighted by Gasteiger charge is 2.11. The van der Waals surface area contributed by atoms with Crippen LogP contribution >= 0.6 is 23.4 Å². The average Bonchev–Trinajstić information content (AvgIpc) is 2.29. The molecule has 0 unspecified atom stereocenters. The molecule has 0 fully saturated rings. The summed E-state index contributed by atoms with van der Waals surface area (Å²) in [4.78, 5) is 3.84. The summed E-state index contributed by atoms with van der Waals surface area (Å²) in [5.41, 5.74) is -0.0464. The summed E-state index contributed by atoms with van der Waals surface area (Å²) in [6, 6.07) is 2.50. The van der Waals surface area contributed by atoms with Crippen molar-refractivity contribution in [1.82, 2.24) is 5.32 Å². The van der Waals surface area contributed by atoms with Crippen LogP contribution in [0.1, 0.15) is 0 Å². The van der Waals surface area contributed by atoms with Gasteiger partial charge in [0.25, 0.3) is 0 Å². The second-order valence-corrected chi connectivity index (χ2v) is 3.76. The molecule has 7 heteroatoms. The molecule has 2 N–H and O–H groups in total. The van der Waals surface area contributed by atoms with E-state index in [1.165, 1.54) is 12.1 Å². The lowest BCUT2D eigenvalue weighted by molar-refractivity contribution is 0.470. The maximum atomic E-state index is 13.5.